The molecule has 1 aliphatic heterocycles. The zero-order chi connectivity index (χ0) is 13.1. The van der Waals surface area contributed by atoms with Crippen LogP contribution in [0.1, 0.15) is 12.0 Å². The fourth-order valence-electron chi connectivity index (χ4n) is 2.18. The molecule has 98 valence electrons. The van der Waals surface area contributed by atoms with Crippen LogP contribution < -0.4 is 10.8 Å². The highest BCUT2D eigenvalue weighted by atomic mass is 28.2. The third-order valence-electron chi connectivity index (χ3n) is 3.30. The number of hydrogen-bond donors (Lipinski definition) is 1. The Morgan fingerprint density at radius 3 is 2.79 bits per heavy atom. The zero-order valence-corrected chi connectivity index (χ0v) is 12.4. The molecule has 1 aromatic heterocycles. The molecule has 0 saturated carbocycles. The molecule has 1 aliphatic rings. The minimum absolute atomic E-state index is 0.538. The lowest BCUT2D eigenvalue weighted by Crippen LogP contribution is -2.42. The van der Waals surface area contributed by atoms with Crippen LogP contribution in [0.15, 0.2) is 40.8 Å². The second kappa shape index (κ2) is 5.50. The Kier molecular flexibility index (Phi) is 3.57. The smallest absolute Gasteiger partial charge is 0.247 e. The zero-order valence-electron chi connectivity index (χ0n) is 11.0. The van der Waals surface area contributed by atoms with Crippen LogP contribution in [0, 0.1) is 6.92 Å². The van der Waals surface area contributed by atoms with E-state index in [2.05, 4.69) is 46.7 Å². The van der Waals surface area contributed by atoms with Crippen molar-refractivity contribution in [1.82, 2.24) is 15.5 Å². The molecule has 2 aromatic rings. The summed E-state index contributed by atoms with van der Waals surface area (Å²) in [6.45, 7) is 3.02. The summed E-state index contributed by atoms with van der Waals surface area (Å²) >= 11 is 0. The number of nitrogens with one attached hydrogen (secondary N) is 1. The van der Waals surface area contributed by atoms with E-state index in [1.165, 1.54) is 5.56 Å². The van der Waals surface area contributed by atoms with Gasteiger partial charge in [-0.05, 0) is 25.5 Å². The summed E-state index contributed by atoms with van der Waals surface area (Å²) < 4.78 is 5.79. The first kappa shape index (κ1) is 12.3. The fourth-order valence-corrected chi connectivity index (χ4v) is 3.64. The Morgan fingerprint density at radius 1 is 1.21 bits per heavy atom. The highest BCUT2D eigenvalue weighted by Crippen LogP contribution is 2.15. The van der Waals surface area contributed by atoms with Crippen molar-refractivity contribution in [3.05, 3.63) is 42.0 Å². The highest BCUT2D eigenvalue weighted by molar-refractivity contribution is 6.52. The fraction of sp³-hybridized carbons (Fsp3) is 0.286. The monoisotopic (exact) mass is 271 g/mol. The summed E-state index contributed by atoms with van der Waals surface area (Å²) in [5.41, 5.74) is 3.60. The quantitative estimate of drug-likeness (QED) is 0.660. The Hall–Kier alpha value is -1.72. The van der Waals surface area contributed by atoms with Crippen LogP contribution in [0.5, 0.6) is 0 Å². The van der Waals surface area contributed by atoms with Gasteiger partial charge in [-0.25, -0.2) is 0 Å². The molecular formula is C14H17N3OSi. The predicted octanol–water partition coefficient (Wildman–Crippen LogP) is 0.715. The van der Waals surface area contributed by atoms with E-state index in [1.54, 1.807) is 0 Å². The van der Waals surface area contributed by atoms with Gasteiger partial charge in [-0.3, -0.25) is 0 Å². The third kappa shape index (κ3) is 3.00. The van der Waals surface area contributed by atoms with E-state index in [9.17, 15) is 0 Å². The van der Waals surface area contributed by atoms with E-state index < -0.39 is 9.52 Å². The van der Waals surface area contributed by atoms with Crippen molar-refractivity contribution in [1.29, 1.82) is 0 Å². The Labute approximate surface area is 114 Å². The molecule has 5 heteroatoms. The normalized spacial score (nSPS) is 19.3. The van der Waals surface area contributed by atoms with Gasteiger partial charge in [0.05, 0.1) is 0 Å². The maximum Gasteiger partial charge on any atom is 0.247 e. The molecule has 0 saturated heterocycles. The average Bonchev–Trinajstić information content (AvgIpc) is 2.89. The topological polar surface area (TPSA) is 51.0 Å². The number of aromatic nitrogens is 2. The Bertz CT molecular complexity index is 577. The van der Waals surface area contributed by atoms with Crippen molar-refractivity contribution < 1.29 is 4.42 Å². The maximum absolute atomic E-state index is 5.79. The van der Waals surface area contributed by atoms with Gasteiger partial charge in [0.2, 0.25) is 5.89 Å². The third-order valence-corrected chi connectivity index (χ3v) is 5.05. The molecule has 0 bridgehead atoms. The minimum Gasteiger partial charge on any atom is -0.426 e. The van der Waals surface area contributed by atoms with Crippen molar-refractivity contribution in [2.75, 3.05) is 6.54 Å². The van der Waals surface area contributed by atoms with Gasteiger partial charge in [0.25, 0.3) is 0 Å². The predicted molar refractivity (Wildman–Crippen MR) is 78.2 cm³/mol. The van der Waals surface area contributed by atoms with E-state index in [4.69, 9.17) is 4.42 Å². The second-order valence-electron chi connectivity index (χ2n) is 4.88. The molecular weight excluding hydrogens is 254 g/mol. The second-order valence-corrected chi connectivity index (χ2v) is 6.88. The van der Waals surface area contributed by atoms with Gasteiger partial charge in [-0.15, -0.1) is 10.2 Å². The van der Waals surface area contributed by atoms with E-state index in [0.29, 0.717) is 11.6 Å². The Balaban J connectivity index is 1.72. The number of hydrogen-bond acceptors (Lipinski definition) is 4. The molecule has 2 heterocycles. The lowest BCUT2D eigenvalue weighted by Gasteiger charge is -2.16. The summed E-state index contributed by atoms with van der Waals surface area (Å²) in [5.74, 6) is 0.633. The number of nitrogens with zero attached hydrogens (tertiary/aromatic N) is 2. The maximum atomic E-state index is 5.79. The molecule has 19 heavy (non-hydrogen) atoms. The first-order chi connectivity index (χ1) is 9.31. The van der Waals surface area contributed by atoms with E-state index in [1.807, 2.05) is 12.1 Å². The van der Waals surface area contributed by atoms with E-state index in [0.717, 1.165) is 24.0 Å². The number of rotatable bonds is 3. The summed E-state index contributed by atoms with van der Waals surface area (Å²) in [5, 5.41) is 11.8. The summed E-state index contributed by atoms with van der Waals surface area (Å²) in [7, 11) is -0.552. The summed E-state index contributed by atoms with van der Waals surface area (Å²) in [6.07, 6.45) is 5.47. The lowest BCUT2D eigenvalue weighted by atomic mass is 10.1. The molecule has 1 unspecified atom stereocenters. The molecule has 0 fully saturated rings. The van der Waals surface area contributed by atoms with Gasteiger partial charge in [-0.1, -0.05) is 29.8 Å². The summed E-state index contributed by atoms with van der Waals surface area (Å²) in [4.78, 5) is 0. The molecule has 1 aromatic carbocycles. The molecule has 1 atom stereocenters. The Morgan fingerprint density at radius 2 is 2.05 bits per heavy atom. The standard InChI is InChI=1S/C14H17N3OSi/c1-10-5-7-11(8-6-10)13-16-17-14(18-13)19-12-4-2-3-9-15-12/h2-3,5-8,12,15H,4,9,19H2,1H3. The minimum atomic E-state index is -0.552. The molecule has 4 nitrogen and oxygen atoms in total. The SMILES string of the molecule is Cc1ccc(-c2nnc([SiH2]C3CC=CCN3)o2)cc1. The van der Waals surface area contributed by atoms with Crippen LogP contribution in [0.4, 0.5) is 0 Å². The average molecular weight is 271 g/mol. The van der Waals surface area contributed by atoms with Crippen LogP contribution in [0.25, 0.3) is 11.5 Å². The van der Waals surface area contributed by atoms with Crippen molar-refractivity contribution in [2.24, 2.45) is 0 Å². The number of benzene rings is 1. The molecule has 1 N–H and O–H groups in total. The molecule has 0 spiro atoms. The highest BCUT2D eigenvalue weighted by Gasteiger charge is 2.15. The number of aryl methyl sites for hydroxylation is 1. The van der Waals surface area contributed by atoms with Gasteiger partial charge in [0.1, 0.15) is 9.52 Å². The summed E-state index contributed by atoms with van der Waals surface area (Å²) in [6, 6.07) is 8.17. The van der Waals surface area contributed by atoms with E-state index >= 15 is 0 Å². The van der Waals surface area contributed by atoms with Crippen molar-refractivity contribution >= 4 is 15.0 Å². The van der Waals surface area contributed by atoms with Gasteiger partial charge < -0.3 is 9.73 Å². The largest absolute Gasteiger partial charge is 0.426 e. The van der Waals surface area contributed by atoms with Gasteiger partial charge in [0.15, 0.2) is 5.51 Å². The van der Waals surface area contributed by atoms with Crippen molar-refractivity contribution in [3.63, 3.8) is 0 Å². The molecule has 0 radical (unpaired) electrons. The van der Waals surface area contributed by atoms with Crippen LogP contribution in [-0.2, 0) is 0 Å². The molecule has 0 aliphatic carbocycles. The molecule has 3 rings (SSSR count). The lowest BCUT2D eigenvalue weighted by molar-refractivity contribution is 0.595. The van der Waals surface area contributed by atoms with Crippen LogP contribution >= 0.6 is 0 Å². The van der Waals surface area contributed by atoms with Gasteiger partial charge in [0, 0.05) is 17.8 Å². The first-order valence-corrected chi connectivity index (χ1v) is 8.11. The first-order valence-electron chi connectivity index (χ1n) is 6.59. The van der Waals surface area contributed by atoms with Crippen molar-refractivity contribution in [3.8, 4) is 11.5 Å². The van der Waals surface area contributed by atoms with Crippen LogP contribution in [-0.4, -0.2) is 31.9 Å². The van der Waals surface area contributed by atoms with Gasteiger partial charge >= 0.3 is 0 Å². The van der Waals surface area contributed by atoms with Crippen molar-refractivity contribution in [2.45, 2.75) is 19.0 Å². The van der Waals surface area contributed by atoms with E-state index in [-0.39, 0.29) is 0 Å². The molecule has 0 amide bonds. The van der Waals surface area contributed by atoms with Crippen LogP contribution in [0.3, 0.4) is 0 Å². The van der Waals surface area contributed by atoms with Crippen LogP contribution in [0.2, 0.25) is 0 Å². The van der Waals surface area contributed by atoms with Gasteiger partial charge in [-0.2, -0.15) is 0 Å².